The Morgan fingerprint density at radius 2 is 2.11 bits per heavy atom. The number of thiophene rings is 1. The van der Waals surface area contributed by atoms with Gasteiger partial charge in [-0.05, 0) is 47.3 Å². The van der Waals surface area contributed by atoms with Gasteiger partial charge in [-0.2, -0.15) is 11.3 Å². The predicted molar refractivity (Wildman–Crippen MR) is 81.4 cm³/mol. The Morgan fingerprint density at radius 3 is 2.89 bits per heavy atom. The molecule has 3 rings (SSSR count). The maximum atomic E-state index is 3.72. The normalized spacial score (nSPS) is 23.4. The molecule has 2 atom stereocenters. The van der Waals surface area contributed by atoms with Crippen molar-refractivity contribution < 1.29 is 0 Å². The van der Waals surface area contributed by atoms with Crippen molar-refractivity contribution in [2.75, 3.05) is 6.54 Å². The molecule has 2 unspecified atom stereocenters. The van der Waals surface area contributed by atoms with E-state index >= 15 is 0 Å². The van der Waals surface area contributed by atoms with Gasteiger partial charge in [-0.15, -0.1) is 0 Å². The van der Waals surface area contributed by atoms with Crippen LogP contribution in [0.3, 0.4) is 0 Å². The highest BCUT2D eigenvalue weighted by Crippen LogP contribution is 2.23. The van der Waals surface area contributed by atoms with Crippen LogP contribution in [0, 0.1) is 0 Å². The summed E-state index contributed by atoms with van der Waals surface area (Å²) in [5, 5.41) is 11.7. The molecule has 1 aromatic carbocycles. The molecule has 1 aliphatic heterocycles. The second kappa shape index (κ2) is 6.33. The van der Waals surface area contributed by atoms with E-state index in [1.54, 1.807) is 11.3 Å². The lowest BCUT2D eigenvalue weighted by Gasteiger charge is -2.33. The summed E-state index contributed by atoms with van der Waals surface area (Å²) >= 11 is 1.77. The summed E-state index contributed by atoms with van der Waals surface area (Å²) in [6.07, 6.45) is 2.50. The molecule has 2 heterocycles. The summed E-state index contributed by atoms with van der Waals surface area (Å²) in [5.74, 6) is 0. The second-order valence-electron chi connectivity index (χ2n) is 5.10. The van der Waals surface area contributed by atoms with E-state index in [-0.39, 0.29) is 0 Å². The topological polar surface area (TPSA) is 24.1 Å². The SMILES string of the molecule is c1ccc(C2NCCCC2NCc2ccsc2)cc1. The monoisotopic (exact) mass is 272 g/mol. The fourth-order valence-corrected chi connectivity index (χ4v) is 3.43. The van der Waals surface area contributed by atoms with Crippen LogP contribution in [-0.2, 0) is 6.54 Å². The lowest BCUT2D eigenvalue weighted by molar-refractivity contribution is 0.305. The molecule has 2 aromatic rings. The Balaban J connectivity index is 1.67. The van der Waals surface area contributed by atoms with Gasteiger partial charge in [0.25, 0.3) is 0 Å². The highest BCUT2D eigenvalue weighted by molar-refractivity contribution is 7.07. The number of piperidine rings is 1. The number of hydrogen-bond acceptors (Lipinski definition) is 3. The van der Waals surface area contributed by atoms with Gasteiger partial charge < -0.3 is 10.6 Å². The minimum atomic E-state index is 0.439. The summed E-state index contributed by atoms with van der Waals surface area (Å²) in [4.78, 5) is 0. The predicted octanol–water partition coefficient (Wildman–Crippen LogP) is 3.33. The van der Waals surface area contributed by atoms with Gasteiger partial charge in [0.2, 0.25) is 0 Å². The molecule has 0 aliphatic carbocycles. The van der Waals surface area contributed by atoms with Gasteiger partial charge in [0.1, 0.15) is 0 Å². The van der Waals surface area contributed by atoms with Gasteiger partial charge in [0.05, 0.1) is 0 Å². The minimum Gasteiger partial charge on any atom is -0.309 e. The lowest BCUT2D eigenvalue weighted by atomic mass is 9.92. The van der Waals surface area contributed by atoms with Crippen LogP contribution < -0.4 is 10.6 Å². The summed E-state index contributed by atoms with van der Waals surface area (Å²) < 4.78 is 0. The fraction of sp³-hybridized carbons (Fsp3) is 0.375. The van der Waals surface area contributed by atoms with E-state index in [0.29, 0.717) is 12.1 Å². The average Bonchev–Trinajstić information content (AvgIpc) is 3.00. The van der Waals surface area contributed by atoms with Gasteiger partial charge >= 0.3 is 0 Å². The molecular formula is C16H20N2S. The van der Waals surface area contributed by atoms with E-state index in [1.165, 1.54) is 24.0 Å². The Kier molecular flexibility index (Phi) is 4.28. The molecule has 0 spiro atoms. The molecule has 1 fully saturated rings. The number of nitrogens with one attached hydrogen (secondary N) is 2. The van der Waals surface area contributed by atoms with Gasteiger partial charge in [-0.1, -0.05) is 30.3 Å². The molecule has 19 heavy (non-hydrogen) atoms. The van der Waals surface area contributed by atoms with Crippen LogP contribution >= 0.6 is 11.3 Å². The van der Waals surface area contributed by atoms with Crippen molar-refractivity contribution in [2.24, 2.45) is 0 Å². The Bertz CT molecular complexity index is 481. The molecule has 2 N–H and O–H groups in total. The molecule has 1 aromatic heterocycles. The third kappa shape index (κ3) is 3.24. The zero-order valence-electron chi connectivity index (χ0n) is 11.0. The largest absolute Gasteiger partial charge is 0.309 e. The molecule has 0 radical (unpaired) electrons. The van der Waals surface area contributed by atoms with Gasteiger partial charge in [-0.25, -0.2) is 0 Å². The van der Waals surface area contributed by atoms with Crippen molar-refractivity contribution in [2.45, 2.75) is 31.5 Å². The summed E-state index contributed by atoms with van der Waals surface area (Å²) in [6, 6.07) is 13.9. The molecule has 1 saturated heterocycles. The van der Waals surface area contributed by atoms with E-state index in [2.05, 4.69) is 57.8 Å². The van der Waals surface area contributed by atoms with Crippen molar-refractivity contribution in [3.05, 3.63) is 58.3 Å². The Morgan fingerprint density at radius 1 is 1.21 bits per heavy atom. The standard InChI is InChI=1S/C16H20N2S/c1-2-5-14(6-3-1)16-15(7-4-9-17-16)18-11-13-8-10-19-12-13/h1-3,5-6,8,10,12,15-18H,4,7,9,11H2. The summed E-state index contributed by atoms with van der Waals surface area (Å²) in [7, 11) is 0. The van der Waals surface area contributed by atoms with Crippen LogP contribution in [0.5, 0.6) is 0 Å². The molecule has 3 heteroatoms. The average molecular weight is 272 g/mol. The highest BCUT2D eigenvalue weighted by Gasteiger charge is 2.25. The lowest BCUT2D eigenvalue weighted by Crippen LogP contribution is -2.45. The highest BCUT2D eigenvalue weighted by atomic mass is 32.1. The zero-order chi connectivity index (χ0) is 12.9. The minimum absolute atomic E-state index is 0.439. The quantitative estimate of drug-likeness (QED) is 0.892. The third-order valence-corrected chi connectivity index (χ3v) is 4.50. The first kappa shape index (κ1) is 12.9. The van der Waals surface area contributed by atoms with Crippen LogP contribution in [0.4, 0.5) is 0 Å². The van der Waals surface area contributed by atoms with Crippen molar-refractivity contribution in [3.63, 3.8) is 0 Å². The van der Waals surface area contributed by atoms with E-state index < -0.39 is 0 Å². The molecule has 2 nitrogen and oxygen atoms in total. The Labute approximate surface area is 118 Å². The molecule has 0 amide bonds. The first-order valence-corrected chi connectivity index (χ1v) is 7.90. The van der Waals surface area contributed by atoms with Crippen molar-refractivity contribution in [1.29, 1.82) is 0 Å². The van der Waals surface area contributed by atoms with Crippen LogP contribution in [0.15, 0.2) is 47.2 Å². The molecule has 100 valence electrons. The number of rotatable bonds is 4. The van der Waals surface area contributed by atoms with Gasteiger partial charge in [0.15, 0.2) is 0 Å². The fourth-order valence-electron chi connectivity index (χ4n) is 2.76. The maximum absolute atomic E-state index is 3.72. The van der Waals surface area contributed by atoms with E-state index in [4.69, 9.17) is 0 Å². The van der Waals surface area contributed by atoms with Crippen LogP contribution in [0.25, 0.3) is 0 Å². The molecule has 1 aliphatic rings. The van der Waals surface area contributed by atoms with Crippen molar-refractivity contribution >= 4 is 11.3 Å². The smallest absolute Gasteiger partial charge is 0.0476 e. The number of benzene rings is 1. The molecule has 0 bridgehead atoms. The first-order valence-electron chi connectivity index (χ1n) is 6.96. The van der Waals surface area contributed by atoms with Crippen LogP contribution in [0.1, 0.15) is 30.0 Å². The molecule has 0 saturated carbocycles. The van der Waals surface area contributed by atoms with E-state index in [0.717, 1.165) is 13.1 Å². The van der Waals surface area contributed by atoms with Crippen molar-refractivity contribution in [3.8, 4) is 0 Å². The summed E-state index contributed by atoms with van der Waals surface area (Å²) in [6.45, 7) is 2.09. The Hall–Kier alpha value is -1.16. The van der Waals surface area contributed by atoms with Crippen LogP contribution in [-0.4, -0.2) is 12.6 Å². The third-order valence-electron chi connectivity index (χ3n) is 3.77. The number of hydrogen-bond donors (Lipinski definition) is 2. The first-order chi connectivity index (χ1) is 9.43. The van der Waals surface area contributed by atoms with E-state index in [9.17, 15) is 0 Å². The van der Waals surface area contributed by atoms with Gasteiger partial charge in [0, 0.05) is 18.6 Å². The second-order valence-corrected chi connectivity index (χ2v) is 5.88. The van der Waals surface area contributed by atoms with E-state index in [1.807, 2.05) is 0 Å². The maximum Gasteiger partial charge on any atom is 0.0476 e. The van der Waals surface area contributed by atoms with Crippen molar-refractivity contribution in [1.82, 2.24) is 10.6 Å². The van der Waals surface area contributed by atoms with Crippen LogP contribution in [0.2, 0.25) is 0 Å². The van der Waals surface area contributed by atoms with Gasteiger partial charge in [-0.3, -0.25) is 0 Å². The molecular weight excluding hydrogens is 252 g/mol. The summed E-state index contributed by atoms with van der Waals surface area (Å²) in [5.41, 5.74) is 2.78. The zero-order valence-corrected chi connectivity index (χ0v) is 11.8.